The Morgan fingerprint density at radius 1 is 1.10 bits per heavy atom. The number of nitrogens with one attached hydrogen (secondary N) is 1. The first kappa shape index (κ1) is 13.0. The number of halogens is 1. The highest BCUT2D eigenvalue weighted by atomic mass is 35.5. The van der Waals surface area contributed by atoms with Crippen LogP contribution < -0.4 is 5.73 Å². The molecule has 0 saturated heterocycles. The Bertz CT molecular complexity index is 709. The lowest BCUT2D eigenvalue weighted by Crippen LogP contribution is -1.90. The van der Waals surface area contributed by atoms with Crippen LogP contribution in [0.1, 0.15) is 0 Å². The molecule has 1 heterocycles. The molecule has 5 nitrogen and oxygen atoms in total. The predicted octanol–water partition coefficient (Wildman–Crippen LogP) is 3.25. The molecule has 3 aromatic rings. The number of tetrazole rings is 1. The number of nitrogen functional groups attached to an aromatic ring is 1. The standard InChI is InChI=1S/C13H10ClN5S/c14-9-5-3-6-10(15)12(9)20-11-7-2-1-4-8(11)13-16-18-19-17-13/h1-7H,15H2,(H,16,17,18,19). The molecule has 100 valence electrons. The van der Waals surface area contributed by atoms with Gasteiger partial charge in [-0.15, -0.1) is 10.2 Å². The summed E-state index contributed by atoms with van der Waals surface area (Å²) in [4.78, 5) is 1.79. The molecule has 0 saturated carbocycles. The van der Waals surface area contributed by atoms with E-state index in [-0.39, 0.29) is 0 Å². The van der Waals surface area contributed by atoms with Crippen molar-refractivity contribution in [2.45, 2.75) is 9.79 Å². The molecule has 0 atom stereocenters. The van der Waals surface area contributed by atoms with Gasteiger partial charge in [-0.2, -0.15) is 5.21 Å². The predicted molar refractivity (Wildman–Crippen MR) is 79.6 cm³/mol. The van der Waals surface area contributed by atoms with Crippen LogP contribution in [0.2, 0.25) is 5.02 Å². The Labute approximate surface area is 124 Å². The number of hydrogen-bond acceptors (Lipinski definition) is 5. The third-order valence-electron chi connectivity index (χ3n) is 2.68. The zero-order chi connectivity index (χ0) is 13.9. The van der Waals surface area contributed by atoms with Crippen LogP contribution in [0.3, 0.4) is 0 Å². The summed E-state index contributed by atoms with van der Waals surface area (Å²) in [6.45, 7) is 0. The maximum atomic E-state index is 6.21. The number of hydrogen-bond donors (Lipinski definition) is 2. The number of aromatic nitrogens is 4. The zero-order valence-corrected chi connectivity index (χ0v) is 11.8. The van der Waals surface area contributed by atoms with E-state index >= 15 is 0 Å². The first-order valence-electron chi connectivity index (χ1n) is 5.80. The Kier molecular flexibility index (Phi) is 3.58. The molecule has 3 rings (SSSR count). The van der Waals surface area contributed by atoms with Gasteiger partial charge in [-0.1, -0.05) is 41.6 Å². The van der Waals surface area contributed by atoms with E-state index in [0.29, 0.717) is 16.5 Å². The fourth-order valence-electron chi connectivity index (χ4n) is 1.76. The third kappa shape index (κ3) is 2.48. The van der Waals surface area contributed by atoms with Crippen molar-refractivity contribution in [3.63, 3.8) is 0 Å². The van der Waals surface area contributed by atoms with E-state index in [1.807, 2.05) is 42.5 Å². The number of rotatable bonds is 3. The van der Waals surface area contributed by atoms with Crippen LogP contribution in [0.4, 0.5) is 5.69 Å². The molecule has 3 N–H and O–H groups in total. The van der Waals surface area contributed by atoms with Crippen molar-refractivity contribution >= 4 is 29.1 Å². The minimum Gasteiger partial charge on any atom is -0.398 e. The van der Waals surface area contributed by atoms with Crippen LogP contribution in [0.15, 0.2) is 52.3 Å². The number of aromatic amines is 1. The Morgan fingerprint density at radius 3 is 2.70 bits per heavy atom. The van der Waals surface area contributed by atoms with Crippen molar-refractivity contribution < 1.29 is 0 Å². The van der Waals surface area contributed by atoms with E-state index < -0.39 is 0 Å². The quantitative estimate of drug-likeness (QED) is 0.726. The average Bonchev–Trinajstić information content (AvgIpc) is 2.97. The van der Waals surface area contributed by atoms with E-state index in [0.717, 1.165) is 15.4 Å². The number of nitrogens with zero attached hydrogens (tertiary/aromatic N) is 3. The lowest BCUT2D eigenvalue weighted by Gasteiger charge is -2.09. The van der Waals surface area contributed by atoms with Crippen molar-refractivity contribution in [3.05, 3.63) is 47.5 Å². The summed E-state index contributed by atoms with van der Waals surface area (Å²) in [7, 11) is 0. The fourth-order valence-corrected chi connectivity index (χ4v) is 3.04. The van der Waals surface area contributed by atoms with Crippen LogP contribution in [0, 0.1) is 0 Å². The highest BCUT2D eigenvalue weighted by molar-refractivity contribution is 7.99. The molecule has 0 fully saturated rings. The molecule has 0 spiro atoms. The molecule has 1 aromatic heterocycles. The maximum absolute atomic E-state index is 6.21. The van der Waals surface area contributed by atoms with E-state index in [4.69, 9.17) is 17.3 Å². The molecule has 0 bridgehead atoms. The van der Waals surface area contributed by atoms with E-state index in [1.54, 1.807) is 0 Å². The minimum atomic E-state index is 0.540. The van der Waals surface area contributed by atoms with Gasteiger partial charge < -0.3 is 5.73 Å². The molecule has 2 aromatic carbocycles. The van der Waals surface area contributed by atoms with Crippen molar-refractivity contribution in [2.75, 3.05) is 5.73 Å². The van der Waals surface area contributed by atoms with Gasteiger partial charge in [-0.05, 0) is 29.5 Å². The summed E-state index contributed by atoms with van der Waals surface area (Å²) in [6, 6.07) is 13.2. The molecule has 0 amide bonds. The maximum Gasteiger partial charge on any atom is 0.205 e. The van der Waals surface area contributed by atoms with Crippen molar-refractivity contribution in [1.82, 2.24) is 20.6 Å². The lowest BCUT2D eigenvalue weighted by atomic mass is 10.2. The van der Waals surface area contributed by atoms with Gasteiger partial charge in [0.05, 0.1) is 9.92 Å². The van der Waals surface area contributed by atoms with Crippen LogP contribution in [0.5, 0.6) is 0 Å². The van der Waals surface area contributed by atoms with Gasteiger partial charge in [0.2, 0.25) is 5.82 Å². The molecular weight excluding hydrogens is 294 g/mol. The monoisotopic (exact) mass is 303 g/mol. The van der Waals surface area contributed by atoms with Crippen molar-refractivity contribution in [1.29, 1.82) is 0 Å². The van der Waals surface area contributed by atoms with Crippen molar-refractivity contribution in [3.8, 4) is 11.4 Å². The number of benzene rings is 2. The van der Waals surface area contributed by atoms with E-state index in [1.165, 1.54) is 11.8 Å². The summed E-state index contributed by atoms with van der Waals surface area (Å²) in [5, 5.41) is 14.7. The van der Waals surface area contributed by atoms with Gasteiger partial charge in [0, 0.05) is 16.1 Å². The summed E-state index contributed by atoms with van der Waals surface area (Å²) in [5.41, 5.74) is 7.51. The first-order chi connectivity index (χ1) is 9.75. The second-order valence-electron chi connectivity index (χ2n) is 3.99. The topological polar surface area (TPSA) is 80.5 Å². The Balaban J connectivity index is 2.04. The Hall–Kier alpha value is -2.05. The van der Waals surface area contributed by atoms with Gasteiger partial charge in [0.25, 0.3) is 0 Å². The smallest absolute Gasteiger partial charge is 0.205 e. The third-order valence-corrected chi connectivity index (χ3v) is 4.35. The normalized spacial score (nSPS) is 10.7. The minimum absolute atomic E-state index is 0.540. The van der Waals surface area contributed by atoms with Crippen LogP contribution in [0.25, 0.3) is 11.4 Å². The highest BCUT2D eigenvalue weighted by Crippen LogP contribution is 2.40. The lowest BCUT2D eigenvalue weighted by molar-refractivity contribution is 0.881. The first-order valence-corrected chi connectivity index (χ1v) is 7.00. The summed E-state index contributed by atoms with van der Waals surface area (Å²) in [5.74, 6) is 0.540. The number of nitrogens with two attached hydrogens (primary N) is 1. The summed E-state index contributed by atoms with van der Waals surface area (Å²) < 4.78 is 0. The molecule has 0 aliphatic carbocycles. The molecule has 7 heteroatoms. The molecule has 0 unspecified atom stereocenters. The van der Waals surface area contributed by atoms with Gasteiger partial charge in [0.15, 0.2) is 0 Å². The fraction of sp³-hybridized carbons (Fsp3) is 0. The molecular formula is C13H10ClN5S. The molecule has 20 heavy (non-hydrogen) atoms. The van der Waals surface area contributed by atoms with E-state index in [9.17, 15) is 0 Å². The van der Waals surface area contributed by atoms with Gasteiger partial charge >= 0.3 is 0 Å². The molecule has 0 aliphatic heterocycles. The molecule has 0 aliphatic rings. The second-order valence-corrected chi connectivity index (χ2v) is 5.45. The van der Waals surface area contributed by atoms with Crippen molar-refractivity contribution in [2.24, 2.45) is 0 Å². The van der Waals surface area contributed by atoms with Crippen LogP contribution >= 0.6 is 23.4 Å². The Morgan fingerprint density at radius 2 is 1.95 bits per heavy atom. The summed E-state index contributed by atoms with van der Waals surface area (Å²) in [6.07, 6.45) is 0. The van der Waals surface area contributed by atoms with E-state index in [2.05, 4.69) is 20.6 Å². The molecule has 0 radical (unpaired) electrons. The van der Waals surface area contributed by atoms with Gasteiger partial charge in [-0.3, -0.25) is 0 Å². The van der Waals surface area contributed by atoms with Gasteiger partial charge in [-0.25, -0.2) is 0 Å². The van der Waals surface area contributed by atoms with Crippen LogP contribution in [-0.2, 0) is 0 Å². The zero-order valence-electron chi connectivity index (χ0n) is 10.2. The van der Waals surface area contributed by atoms with Gasteiger partial charge in [0.1, 0.15) is 0 Å². The van der Waals surface area contributed by atoms with Crippen LogP contribution in [-0.4, -0.2) is 20.6 Å². The number of anilines is 1. The SMILES string of the molecule is Nc1cccc(Cl)c1Sc1ccccc1-c1nn[nH]n1. The summed E-state index contributed by atoms with van der Waals surface area (Å²) >= 11 is 7.69. The number of H-pyrrole nitrogens is 1. The second kappa shape index (κ2) is 5.52. The highest BCUT2D eigenvalue weighted by Gasteiger charge is 2.13. The average molecular weight is 304 g/mol. The largest absolute Gasteiger partial charge is 0.398 e.